The number of amides is 1. The van der Waals surface area contributed by atoms with Crippen LogP contribution >= 0.6 is 0 Å². The zero-order chi connectivity index (χ0) is 26.6. The molecule has 0 unspecified atom stereocenters. The highest BCUT2D eigenvalue weighted by molar-refractivity contribution is 6.04. The number of aromatic nitrogens is 4. The van der Waals surface area contributed by atoms with Gasteiger partial charge in [-0.25, -0.2) is 15.0 Å². The van der Waals surface area contributed by atoms with Gasteiger partial charge in [0.05, 0.1) is 11.9 Å². The van der Waals surface area contributed by atoms with Gasteiger partial charge in [-0.05, 0) is 48.7 Å². The van der Waals surface area contributed by atoms with Gasteiger partial charge in [-0.3, -0.25) is 9.20 Å². The Kier molecular flexibility index (Phi) is 6.84. The summed E-state index contributed by atoms with van der Waals surface area (Å²) in [6, 6.07) is 22.9. The molecular weight excluding hydrogens is 488 g/mol. The molecule has 1 amide bonds. The van der Waals surface area contributed by atoms with E-state index in [1.165, 1.54) is 0 Å². The molecule has 194 valence electrons. The number of nitrogens with two attached hydrogens (primary N) is 1. The number of rotatable bonds is 6. The molecule has 0 spiro atoms. The molecule has 6 rings (SSSR count). The molecule has 0 saturated carbocycles. The summed E-state index contributed by atoms with van der Waals surface area (Å²) in [4.78, 5) is 26.6. The molecule has 0 bridgehead atoms. The molecule has 39 heavy (non-hydrogen) atoms. The molecule has 0 aliphatic carbocycles. The number of pyridine rings is 1. The number of ether oxygens (including phenoxy) is 1. The van der Waals surface area contributed by atoms with Gasteiger partial charge in [0, 0.05) is 36.5 Å². The van der Waals surface area contributed by atoms with Crippen molar-refractivity contribution in [2.45, 2.75) is 18.8 Å². The lowest BCUT2D eigenvalue weighted by Crippen LogP contribution is -2.17. The third-order valence-electron chi connectivity index (χ3n) is 6.90. The van der Waals surface area contributed by atoms with E-state index in [2.05, 4.69) is 37.9 Å². The third kappa shape index (κ3) is 5.15. The van der Waals surface area contributed by atoms with Crippen LogP contribution in [-0.4, -0.2) is 38.5 Å². The highest BCUT2D eigenvalue weighted by Crippen LogP contribution is 2.35. The summed E-state index contributed by atoms with van der Waals surface area (Å²) in [6.45, 7) is 1.40. The predicted molar refractivity (Wildman–Crippen MR) is 153 cm³/mol. The minimum absolute atomic E-state index is 0.229. The van der Waals surface area contributed by atoms with Crippen LogP contribution in [0.15, 0.2) is 85.2 Å². The first-order chi connectivity index (χ1) is 19.2. The van der Waals surface area contributed by atoms with Crippen molar-refractivity contribution in [2.24, 2.45) is 0 Å². The molecule has 8 nitrogen and oxygen atoms in total. The van der Waals surface area contributed by atoms with Gasteiger partial charge in [-0.1, -0.05) is 54.6 Å². The summed E-state index contributed by atoms with van der Waals surface area (Å²) in [5.41, 5.74) is 11.4. The van der Waals surface area contributed by atoms with Gasteiger partial charge < -0.3 is 15.8 Å². The zero-order valence-corrected chi connectivity index (χ0v) is 21.3. The number of hydrogen-bond acceptors (Lipinski definition) is 6. The molecule has 0 radical (unpaired) electrons. The number of nitrogens with one attached hydrogen (secondary N) is 1. The maximum absolute atomic E-state index is 12.8. The van der Waals surface area contributed by atoms with Crippen molar-refractivity contribution < 1.29 is 9.53 Å². The second-order valence-electron chi connectivity index (χ2n) is 9.45. The van der Waals surface area contributed by atoms with Crippen molar-refractivity contribution in [3.8, 4) is 11.3 Å². The van der Waals surface area contributed by atoms with E-state index in [0.29, 0.717) is 30.4 Å². The van der Waals surface area contributed by atoms with E-state index in [-0.39, 0.29) is 11.8 Å². The fraction of sp³-hybridized carbons (Fsp3) is 0.161. The Bertz CT molecular complexity index is 1620. The summed E-state index contributed by atoms with van der Waals surface area (Å²) in [6.07, 6.45) is 9.31. The second-order valence-corrected chi connectivity index (χ2v) is 9.45. The first-order valence-corrected chi connectivity index (χ1v) is 13.0. The number of nitrogens with zero attached hydrogens (tertiary/aromatic N) is 4. The molecule has 3 N–H and O–H groups in total. The van der Waals surface area contributed by atoms with Crippen LogP contribution in [0.5, 0.6) is 0 Å². The topological polar surface area (TPSA) is 107 Å². The molecule has 4 heterocycles. The van der Waals surface area contributed by atoms with Gasteiger partial charge in [0.2, 0.25) is 0 Å². The van der Waals surface area contributed by atoms with Crippen molar-refractivity contribution >= 4 is 35.2 Å². The van der Waals surface area contributed by atoms with Crippen molar-refractivity contribution in [1.29, 1.82) is 0 Å². The van der Waals surface area contributed by atoms with E-state index in [1.807, 2.05) is 42.5 Å². The minimum atomic E-state index is -0.229. The van der Waals surface area contributed by atoms with Crippen molar-refractivity contribution in [3.05, 3.63) is 108 Å². The van der Waals surface area contributed by atoms with Crippen LogP contribution < -0.4 is 11.1 Å². The SMILES string of the molecule is Nc1ncc(C=Cc2ccccc2)n2c(C3CCOCC3)nc(-c3ccc(C(=O)Nc4ccccn4)cc3)c12. The smallest absolute Gasteiger partial charge is 0.256 e. The quantitative estimate of drug-likeness (QED) is 0.300. The predicted octanol–water partition coefficient (Wildman–Crippen LogP) is 5.69. The maximum Gasteiger partial charge on any atom is 0.256 e. The average Bonchev–Trinajstić information content (AvgIpc) is 3.40. The van der Waals surface area contributed by atoms with Crippen LogP contribution in [0.1, 0.15) is 46.2 Å². The van der Waals surface area contributed by atoms with Crippen molar-refractivity contribution in [2.75, 3.05) is 24.3 Å². The Morgan fingerprint density at radius 2 is 1.72 bits per heavy atom. The lowest BCUT2D eigenvalue weighted by molar-refractivity contribution is 0.0835. The van der Waals surface area contributed by atoms with Crippen LogP contribution in [0, 0.1) is 0 Å². The zero-order valence-electron chi connectivity index (χ0n) is 21.3. The normalized spacial score (nSPS) is 14.2. The van der Waals surface area contributed by atoms with E-state index in [4.69, 9.17) is 15.5 Å². The van der Waals surface area contributed by atoms with Gasteiger partial charge in [0.15, 0.2) is 0 Å². The summed E-state index contributed by atoms with van der Waals surface area (Å²) < 4.78 is 7.77. The Hall–Kier alpha value is -4.82. The number of imidazole rings is 1. The van der Waals surface area contributed by atoms with E-state index >= 15 is 0 Å². The van der Waals surface area contributed by atoms with Gasteiger partial charge in [-0.15, -0.1) is 0 Å². The van der Waals surface area contributed by atoms with Crippen LogP contribution in [0.4, 0.5) is 11.6 Å². The van der Waals surface area contributed by atoms with Gasteiger partial charge in [0.25, 0.3) is 5.91 Å². The Morgan fingerprint density at radius 1 is 0.949 bits per heavy atom. The average molecular weight is 517 g/mol. The maximum atomic E-state index is 12.8. The number of carbonyl (C=O) groups excluding carboxylic acids is 1. The van der Waals surface area contributed by atoms with Crippen LogP contribution in [0.25, 0.3) is 28.9 Å². The Balaban J connectivity index is 1.41. The fourth-order valence-electron chi connectivity index (χ4n) is 4.89. The molecule has 1 aliphatic heterocycles. The molecule has 5 aromatic rings. The van der Waals surface area contributed by atoms with Crippen LogP contribution in [-0.2, 0) is 4.74 Å². The third-order valence-corrected chi connectivity index (χ3v) is 6.90. The number of carbonyl (C=O) groups is 1. The molecule has 1 aliphatic rings. The first kappa shape index (κ1) is 24.5. The highest BCUT2D eigenvalue weighted by atomic mass is 16.5. The van der Waals surface area contributed by atoms with E-state index in [0.717, 1.165) is 46.7 Å². The van der Waals surface area contributed by atoms with E-state index in [9.17, 15) is 4.79 Å². The lowest BCUT2D eigenvalue weighted by atomic mass is 9.99. The summed E-state index contributed by atoms with van der Waals surface area (Å²) >= 11 is 0. The summed E-state index contributed by atoms with van der Waals surface area (Å²) in [5, 5.41) is 2.82. The number of anilines is 2. The summed E-state index contributed by atoms with van der Waals surface area (Å²) in [5.74, 6) is 1.86. The van der Waals surface area contributed by atoms with Crippen LogP contribution in [0.2, 0.25) is 0 Å². The number of hydrogen-bond donors (Lipinski definition) is 2. The standard InChI is InChI=1S/C31H28N6O2/c32-29-28-27(22-10-12-24(13-11-22)31(38)35-26-8-4-5-17-33-26)36-30(23-15-18-39-19-16-23)37(28)25(20-34-29)14-9-21-6-2-1-3-7-21/h1-14,17,20,23H,15-16,18-19H2,(H2,32,34)(H,33,35,38). The highest BCUT2D eigenvalue weighted by Gasteiger charge is 2.26. The molecule has 8 heteroatoms. The molecule has 3 aromatic heterocycles. The van der Waals surface area contributed by atoms with Gasteiger partial charge in [0.1, 0.15) is 28.7 Å². The molecule has 0 atom stereocenters. The molecule has 2 aromatic carbocycles. The van der Waals surface area contributed by atoms with Crippen molar-refractivity contribution in [1.82, 2.24) is 19.4 Å². The number of fused-ring (bicyclic) bond motifs is 1. The van der Waals surface area contributed by atoms with Crippen LogP contribution in [0.3, 0.4) is 0 Å². The van der Waals surface area contributed by atoms with E-state index in [1.54, 1.807) is 36.7 Å². The fourth-order valence-corrected chi connectivity index (χ4v) is 4.89. The largest absolute Gasteiger partial charge is 0.382 e. The lowest BCUT2D eigenvalue weighted by Gasteiger charge is -2.21. The van der Waals surface area contributed by atoms with Gasteiger partial charge >= 0.3 is 0 Å². The van der Waals surface area contributed by atoms with Crippen molar-refractivity contribution in [3.63, 3.8) is 0 Å². The Morgan fingerprint density at radius 3 is 2.46 bits per heavy atom. The molecular formula is C31H28N6O2. The van der Waals surface area contributed by atoms with E-state index < -0.39 is 0 Å². The number of benzene rings is 2. The minimum Gasteiger partial charge on any atom is -0.382 e. The first-order valence-electron chi connectivity index (χ1n) is 13.0. The second kappa shape index (κ2) is 10.9. The molecule has 1 saturated heterocycles. The number of nitrogen functional groups attached to an aromatic ring is 1. The molecule has 1 fully saturated rings. The Labute approximate surface area is 226 Å². The summed E-state index contributed by atoms with van der Waals surface area (Å²) in [7, 11) is 0. The van der Waals surface area contributed by atoms with Gasteiger partial charge in [-0.2, -0.15) is 0 Å². The monoisotopic (exact) mass is 516 g/mol.